The maximum Gasteiger partial charge on any atom is 2.00 e. The van der Waals surface area contributed by atoms with Crippen molar-refractivity contribution in [2.24, 2.45) is 0 Å². The van der Waals surface area contributed by atoms with E-state index in [1.54, 1.807) is 0 Å². The molecule has 0 heterocycles. The molecule has 0 fully saturated rings. The molecule has 73 valence electrons. The number of hydrogen-bond acceptors (Lipinski definition) is 4. The molecule has 0 rings (SSSR count). The largest absolute Gasteiger partial charge is 2.00 e. The summed E-state index contributed by atoms with van der Waals surface area (Å²) in [5.41, 5.74) is 0. The first kappa shape index (κ1) is 48.7. The van der Waals surface area contributed by atoms with E-state index < -0.39 is 10.4 Å². The standard InChI is InChI=1S/Cu.4H2N.H2O4S/c;;;;;1-5(2,3)4/h;4*1H2;(H2,1,2,3,4)/q+2;4*-1;/p-2. The first-order valence-corrected chi connectivity index (χ1v) is 2.00. The van der Waals surface area contributed by atoms with Crippen LogP contribution in [0.5, 0.6) is 0 Å². The molecule has 0 saturated heterocycles. The van der Waals surface area contributed by atoms with Crippen LogP contribution in [0.1, 0.15) is 0 Å². The van der Waals surface area contributed by atoms with Crippen LogP contribution < -0.4 is 0 Å². The molecule has 0 aromatic rings. The molecule has 0 aromatic heterocycles. The quantitative estimate of drug-likeness (QED) is 0.339. The van der Waals surface area contributed by atoms with Crippen LogP contribution in [-0.4, -0.2) is 17.5 Å². The normalized spacial score (nSPS) is 5.80. The maximum atomic E-state index is 8.52. The number of nitrogens with two attached hydrogens (primary N) is 4. The summed E-state index contributed by atoms with van der Waals surface area (Å²) in [6, 6.07) is 0. The van der Waals surface area contributed by atoms with Crippen molar-refractivity contribution in [3.63, 3.8) is 0 Å². The van der Waals surface area contributed by atoms with Gasteiger partial charge in [-0.05, 0) is 0 Å². The topological polar surface area (TPSA) is 214 Å². The summed E-state index contributed by atoms with van der Waals surface area (Å²) in [5.74, 6) is 0. The Kier molecular flexibility index (Phi) is 78.5. The Morgan fingerprint density at radius 1 is 0.800 bits per heavy atom. The van der Waals surface area contributed by atoms with Gasteiger partial charge in [0, 0.05) is 10.4 Å². The van der Waals surface area contributed by atoms with Gasteiger partial charge in [0.25, 0.3) is 0 Å². The first-order chi connectivity index (χ1) is 2.00. The van der Waals surface area contributed by atoms with Crippen LogP contribution in [0.15, 0.2) is 0 Å². The molecule has 0 amide bonds. The van der Waals surface area contributed by atoms with Crippen molar-refractivity contribution < 1.29 is 34.6 Å². The second kappa shape index (κ2) is 16.1. The number of rotatable bonds is 0. The van der Waals surface area contributed by atoms with E-state index in [9.17, 15) is 0 Å². The fraction of sp³-hybridized carbons (Fsp3) is 0. The van der Waals surface area contributed by atoms with Gasteiger partial charge in [-0.1, -0.05) is 0 Å². The van der Waals surface area contributed by atoms with Gasteiger partial charge in [-0.25, -0.2) is 0 Å². The van der Waals surface area contributed by atoms with Gasteiger partial charge < -0.3 is 33.7 Å². The van der Waals surface area contributed by atoms with Crippen LogP contribution in [0.4, 0.5) is 0 Å². The average Bonchev–Trinajstić information content (AvgIpc) is 0.722. The molecule has 0 aliphatic carbocycles. The molecule has 1 radical (unpaired) electrons. The summed E-state index contributed by atoms with van der Waals surface area (Å²) in [6.07, 6.45) is 0. The van der Waals surface area contributed by atoms with Gasteiger partial charge in [0.15, 0.2) is 0 Å². The molecule has 0 atom stereocenters. The molecular weight excluding hydrogens is 216 g/mol. The van der Waals surface area contributed by atoms with Crippen molar-refractivity contribution >= 4 is 10.4 Å². The minimum absolute atomic E-state index is 0. The Labute approximate surface area is 70.1 Å². The van der Waals surface area contributed by atoms with E-state index >= 15 is 0 Å². The van der Waals surface area contributed by atoms with Gasteiger partial charge in [0.2, 0.25) is 0 Å². The van der Waals surface area contributed by atoms with E-state index in [0.29, 0.717) is 0 Å². The van der Waals surface area contributed by atoms with E-state index in [-0.39, 0.29) is 41.7 Å². The second-order valence-corrected chi connectivity index (χ2v) is 1.22. The van der Waals surface area contributed by atoms with Crippen molar-refractivity contribution in [3.8, 4) is 0 Å². The maximum absolute atomic E-state index is 8.52. The summed E-state index contributed by atoms with van der Waals surface area (Å²) in [6.45, 7) is 0. The Morgan fingerprint density at radius 2 is 0.800 bits per heavy atom. The van der Waals surface area contributed by atoms with Crippen LogP contribution in [0.2, 0.25) is 0 Å². The van der Waals surface area contributed by atoms with Crippen LogP contribution in [-0.2, 0) is 27.5 Å². The first-order valence-electron chi connectivity index (χ1n) is 0.667. The predicted octanol–water partition coefficient (Wildman–Crippen LogP) is 1.53. The zero-order chi connectivity index (χ0) is 4.50. The molecule has 0 aliphatic rings. The third kappa shape index (κ3) is 8170. The smallest absolute Gasteiger partial charge is 0.759 e. The molecular formula is H8CuN4O4S-4. The van der Waals surface area contributed by atoms with Crippen LogP contribution in [0, 0.1) is 0 Å². The molecule has 0 aromatic carbocycles. The third-order valence-electron chi connectivity index (χ3n) is 0. The van der Waals surface area contributed by atoms with Gasteiger partial charge >= 0.3 is 17.1 Å². The summed E-state index contributed by atoms with van der Waals surface area (Å²) in [7, 11) is -5.17. The van der Waals surface area contributed by atoms with E-state index in [1.165, 1.54) is 0 Å². The Balaban J connectivity index is -0.00000000800. The van der Waals surface area contributed by atoms with Crippen LogP contribution >= 0.6 is 0 Å². The van der Waals surface area contributed by atoms with E-state index in [4.69, 9.17) is 17.5 Å². The molecule has 0 unspecified atom stereocenters. The van der Waals surface area contributed by atoms with Crippen LogP contribution in [0.3, 0.4) is 0 Å². The molecule has 8 N–H and O–H groups in total. The van der Waals surface area contributed by atoms with E-state index in [2.05, 4.69) is 0 Å². The molecule has 10 heavy (non-hydrogen) atoms. The van der Waals surface area contributed by atoms with Crippen molar-refractivity contribution in [3.05, 3.63) is 24.6 Å². The minimum Gasteiger partial charge on any atom is -0.759 e. The molecule has 10 heteroatoms. The van der Waals surface area contributed by atoms with Crippen molar-refractivity contribution in [1.82, 2.24) is 0 Å². The summed E-state index contributed by atoms with van der Waals surface area (Å²) >= 11 is 0. The van der Waals surface area contributed by atoms with Gasteiger partial charge in [-0.15, -0.1) is 0 Å². The van der Waals surface area contributed by atoms with Crippen molar-refractivity contribution in [2.75, 3.05) is 0 Å². The minimum atomic E-state index is -5.17. The van der Waals surface area contributed by atoms with Gasteiger partial charge in [0.05, 0.1) is 0 Å². The zero-order valence-corrected chi connectivity index (χ0v) is 6.41. The molecule has 8 nitrogen and oxygen atoms in total. The van der Waals surface area contributed by atoms with Gasteiger partial charge in [0.1, 0.15) is 0 Å². The Bertz CT molecular complexity index is 100. The third-order valence-corrected chi connectivity index (χ3v) is 0. The molecule has 0 bridgehead atoms. The monoisotopic (exact) mass is 223 g/mol. The predicted molar refractivity (Wildman–Crippen MR) is 31.6 cm³/mol. The fourth-order valence-corrected chi connectivity index (χ4v) is 0. The van der Waals surface area contributed by atoms with Crippen molar-refractivity contribution in [2.45, 2.75) is 0 Å². The van der Waals surface area contributed by atoms with Gasteiger partial charge in [-0.2, -0.15) is 0 Å². The Hall–Kier alpha value is 0.229. The SMILES string of the molecule is O=S(=O)([O-])[O-].[Cu+2].[NH2-].[NH2-].[NH2-].[NH2-]. The van der Waals surface area contributed by atoms with E-state index in [0.717, 1.165) is 0 Å². The summed E-state index contributed by atoms with van der Waals surface area (Å²) in [4.78, 5) is 0. The van der Waals surface area contributed by atoms with E-state index in [1.807, 2.05) is 0 Å². The summed E-state index contributed by atoms with van der Waals surface area (Å²) < 4.78 is 34.1. The summed E-state index contributed by atoms with van der Waals surface area (Å²) in [5, 5.41) is 0. The van der Waals surface area contributed by atoms with Gasteiger partial charge in [-0.3, -0.25) is 8.42 Å². The number of hydrogen-bond donors (Lipinski definition) is 0. The second-order valence-electron chi connectivity index (χ2n) is 0.408. The van der Waals surface area contributed by atoms with Crippen LogP contribution in [0.25, 0.3) is 24.6 Å². The Morgan fingerprint density at radius 3 is 0.800 bits per heavy atom. The molecule has 0 saturated carbocycles. The fourth-order valence-electron chi connectivity index (χ4n) is 0. The molecule has 0 spiro atoms. The van der Waals surface area contributed by atoms with Crippen molar-refractivity contribution in [1.29, 1.82) is 0 Å². The molecule has 0 aliphatic heterocycles. The average molecular weight is 224 g/mol. The zero-order valence-electron chi connectivity index (χ0n) is 4.65.